The Balaban J connectivity index is 1.84. The molecule has 10 heteroatoms. The van der Waals surface area contributed by atoms with Crippen molar-refractivity contribution in [3.8, 4) is 5.75 Å². The van der Waals surface area contributed by atoms with Gasteiger partial charge < -0.3 is 15.0 Å². The Kier molecular flexibility index (Phi) is 11.4. The second kappa shape index (κ2) is 15.0. The van der Waals surface area contributed by atoms with Gasteiger partial charge in [-0.1, -0.05) is 89.5 Å². The Labute approximate surface area is 283 Å². The van der Waals surface area contributed by atoms with Crippen molar-refractivity contribution in [3.63, 3.8) is 0 Å². The highest BCUT2D eigenvalue weighted by Crippen LogP contribution is 2.32. The number of nitrogens with zero attached hydrogens (tertiary/aromatic N) is 2. The number of aryl methyl sites for hydroxylation is 2. The summed E-state index contributed by atoms with van der Waals surface area (Å²) >= 11 is 6.46. The average molecular weight is 676 g/mol. The number of nitrogens with one attached hydrogen (secondary N) is 1. The van der Waals surface area contributed by atoms with Gasteiger partial charge in [0.05, 0.1) is 22.7 Å². The van der Waals surface area contributed by atoms with Crippen LogP contribution in [0.2, 0.25) is 5.02 Å². The van der Waals surface area contributed by atoms with Gasteiger partial charge in [0, 0.05) is 18.5 Å². The number of carbonyl (C=O) groups is 2. The third-order valence-electron chi connectivity index (χ3n) is 7.55. The van der Waals surface area contributed by atoms with Gasteiger partial charge in [-0.05, 0) is 76.1 Å². The highest BCUT2D eigenvalue weighted by Gasteiger charge is 2.35. The Morgan fingerprint density at radius 1 is 0.851 bits per heavy atom. The number of carbonyl (C=O) groups excluding carboxylic acids is 2. The van der Waals surface area contributed by atoms with Gasteiger partial charge in [-0.3, -0.25) is 13.9 Å². The number of hydrogen-bond donors (Lipinski definition) is 1. The van der Waals surface area contributed by atoms with Crippen molar-refractivity contribution in [2.45, 2.75) is 64.1 Å². The third kappa shape index (κ3) is 9.36. The summed E-state index contributed by atoms with van der Waals surface area (Å²) in [6.07, 6.45) is 0.222. The van der Waals surface area contributed by atoms with E-state index in [0.717, 1.165) is 26.6 Å². The van der Waals surface area contributed by atoms with Crippen LogP contribution in [0.25, 0.3) is 0 Å². The smallest absolute Gasteiger partial charge is 0.264 e. The lowest BCUT2D eigenvalue weighted by Gasteiger charge is -2.35. The van der Waals surface area contributed by atoms with Crippen molar-refractivity contribution < 1.29 is 22.7 Å². The number of sulfonamides is 1. The molecule has 0 saturated heterocycles. The fraction of sp³-hybridized carbons (Fsp3) is 0.297. The predicted octanol–water partition coefficient (Wildman–Crippen LogP) is 6.72. The SMILES string of the molecule is COc1ccc(N(CC(=O)N(Cc2ccc(C)cc2)[C@@H](Cc2ccccc2)C(=O)NC(C)(C)C)S(=O)(=O)c2ccc(C)cc2)cc1Cl. The van der Waals surface area contributed by atoms with Gasteiger partial charge >= 0.3 is 0 Å². The molecule has 0 aliphatic carbocycles. The number of benzene rings is 4. The molecule has 0 aliphatic heterocycles. The molecule has 47 heavy (non-hydrogen) atoms. The molecule has 0 unspecified atom stereocenters. The molecular weight excluding hydrogens is 634 g/mol. The van der Waals surface area contributed by atoms with E-state index in [1.54, 1.807) is 24.3 Å². The van der Waals surface area contributed by atoms with Crippen molar-refractivity contribution in [3.05, 3.63) is 124 Å². The molecule has 248 valence electrons. The van der Waals surface area contributed by atoms with Crippen LogP contribution >= 0.6 is 11.6 Å². The van der Waals surface area contributed by atoms with Gasteiger partial charge in [-0.15, -0.1) is 0 Å². The van der Waals surface area contributed by atoms with E-state index in [1.165, 1.54) is 30.2 Å². The number of amides is 2. The molecular formula is C37H42ClN3O5S. The summed E-state index contributed by atoms with van der Waals surface area (Å²) in [4.78, 5) is 30.1. The number of methoxy groups -OCH3 is 1. The topological polar surface area (TPSA) is 96.0 Å². The van der Waals surface area contributed by atoms with Crippen LogP contribution in [0.15, 0.2) is 102 Å². The summed E-state index contributed by atoms with van der Waals surface area (Å²) in [6.45, 7) is 8.95. The largest absolute Gasteiger partial charge is 0.495 e. The first-order chi connectivity index (χ1) is 22.2. The third-order valence-corrected chi connectivity index (χ3v) is 9.64. The molecule has 0 heterocycles. The molecule has 1 atom stereocenters. The average Bonchev–Trinajstić information content (AvgIpc) is 3.02. The molecule has 4 aromatic carbocycles. The summed E-state index contributed by atoms with van der Waals surface area (Å²) in [5.74, 6) is -0.544. The van der Waals surface area contributed by atoms with Crippen molar-refractivity contribution >= 4 is 39.1 Å². The number of anilines is 1. The molecule has 0 aliphatic rings. The van der Waals surface area contributed by atoms with Crippen LogP contribution in [0.5, 0.6) is 5.75 Å². The molecule has 8 nitrogen and oxygen atoms in total. The first-order valence-electron chi connectivity index (χ1n) is 15.3. The minimum atomic E-state index is -4.26. The van der Waals surface area contributed by atoms with E-state index in [2.05, 4.69) is 5.32 Å². The van der Waals surface area contributed by atoms with Crippen LogP contribution in [0.3, 0.4) is 0 Å². The first-order valence-corrected chi connectivity index (χ1v) is 17.1. The Morgan fingerprint density at radius 3 is 2.00 bits per heavy atom. The quantitative estimate of drug-likeness (QED) is 0.180. The van der Waals surface area contributed by atoms with Crippen LogP contribution in [0, 0.1) is 13.8 Å². The van der Waals surface area contributed by atoms with Crippen molar-refractivity contribution in [1.29, 1.82) is 0 Å². The van der Waals surface area contributed by atoms with Gasteiger partial charge in [0.25, 0.3) is 10.0 Å². The van der Waals surface area contributed by atoms with E-state index >= 15 is 0 Å². The summed E-state index contributed by atoms with van der Waals surface area (Å²) in [7, 11) is -2.80. The maximum absolute atomic E-state index is 14.6. The minimum Gasteiger partial charge on any atom is -0.495 e. The molecule has 0 saturated carbocycles. The first kappa shape index (κ1) is 35.5. The van der Waals surface area contributed by atoms with E-state index in [9.17, 15) is 18.0 Å². The van der Waals surface area contributed by atoms with Crippen LogP contribution in [0.1, 0.15) is 43.0 Å². The van der Waals surface area contributed by atoms with Gasteiger partial charge in [-0.2, -0.15) is 0 Å². The highest BCUT2D eigenvalue weighted by atomic mass is 35.5. The van der Waals surface area contributed by atoms with Crippen molar-refractivity contribution in [1.82, 2.24) is 10.2 Å². The van der Waals surface area contributed by atoms with E-state index in [4.69, 9.17) is 16.3 Å². The van der Waals surface area contributed by atoms with Crippen molar-refractivity contribution in [2.24, 2.45) is 0 Å². The number of halogens is 1. The van der Waals surface area contributed by atoms with Crippen molar-refractivity contribution in [2.75, 3.05) is 18.0 Å². The minimum absolute atomic E-state index is 0.0132. The lowest BCUT2D eigenvalue weighted by Crippen LogP contribution is -2.56. The summed E-state index contributed by atoms with van der Waals surface area (Å²) in [5, 5.41) is 3.23. The standard InChI is InChI=1S/C37H42ClN3O5S/c1-26-12-16-29(17-13-26)24-40(33(36(43)39-37(3,4)5)22-28-10-8-7-9-11-28)35(42)25-41(30-18-21-34(46-6)32(38)23-30)47(44,45)31-19-14-27(2)15-20-31/h7-21,23,33H,22,24-25H2,1-6H3,(H,39,43)/t33-/m0/s1. The van der Waals surface area contributed by atoms with E-state index < -0.39 is 34.1 Å². The molecule has 2 amide bonds. The van der Waals surface area contributed by atoms with E-state index in [0.29, 0.717) is 5.75 Å². The summed E-state index contributed by atoms with van der Waals surface area (Å²) in [6, 6.07) is 27.1. The lowest BCUT2D eigenvalue weighted by molar-refractivity contribution is -0.140. The van der Waals surface area contributed by atoms with E-state index in [-0.39, 0.29) is 34.5 Å². The summed E-state index contributed by atoms with van der Waals surface area (Å²) < 4.78 is 34.8. The van der Waals surface area contributed by atoms with Gasteiger partial charge in [0.1, 0.15) is 18.3 Å². The van der Waals surface area contributed by atoms with Gasteiger partial charge in [0.2, 0.25) is 11.8 Å². The zero-order chi connectivity index (χ0) is 34.4. The molecule has 0 bridgehead atoms. The number of rotatable bonds is 12. The fourth-order valence-electron chi connectivity index (χ4n) is 5.07. The maximum atomic E-state index is 14.6. The second-order valence-electron chi connectivity index (χ2n) is 12.6. The Hall–Kier alpha value is -4.34. The van der Waals surface area contributed by atoms with E-state index in [1.807, 2.05) is 89.2 Å². The normalized spacial score (nSPS) is 12.2. The van der Waals surface area contributed by atoms with Crippen LogP contribution < -0.4 is 14.4 Å². The molecule has 1 N–H and O–H groups in total. The van der Waals surface area contributed by atoms with Crippen LogP contribution in [0.4, 0.5) is 5.69 Å². The fourth-order valence-corrected chi connectivity index (χ4v) is 6.73. The van der Waals surface area contributed by atoms with Gasteiger partial charge in [-0.25, -0.2) is 8.42 Å². The van der Waals surface area contributed by atoms with Crippen LogP contribution in [-0.2, 0) is 32.6 Å². The summed E-state index contributed by atoms with van der Waals surface area (Å²) in [5.41, 5.74) is 3.19. The Morgan fingerprint density at radius 2 is 1.45 bits per heavy atom. The lowest BCUT2D eigenvalue weighted by atomic mass is 10.0. The molecule has 0 fully saturated rings. The molecule has 4 rings (SSSR count). The number of hydrogen-bond acceptors (Lipinski definition) is 5. The monoisotopic (exact) mass is 675 g/mol. The predicted molar refractivity (Wildman–Crippen MR) is 187 cm³/mol. The van der Waals surface area contributed by atoms with Crippen LogP contribution in [-0.4, -0.2) is 50.4 Å². The second-order valence-corrected chi connectivity index (χ2v) is 14.9. The molecule has 0 aromatic heterocycles. The Bertz CT molecular complexity index is 1790. The maximum Gasteiger partial charge on any atom is 0.264 e. The molecule has 4 aromatic rings. The number of ether oxygens (including phenoxy) is 1. The zero-order valence-corrected chi connectivity index (χ0v) is 29.2. The zero-order valence-electron chi connectivity index (χ0n) is 27.7. The molecule has 0 spiro atoms. The highest BCUT2D eigenvalue weighted by molar-refractivity contribution is 7.92. The van der Waals surface area contributed by atoms with Gasteiger partial charge in [0.15, 0.2) is 0 Å². The molecule has 0 radical (unpaired) electrons.